The summed E-state index contributed by atoms with van der Waals surface area (Å²) in [4.78, 5) is 2.50. The summed E-state index contributed by atoms with van der Waals surface area (Å²) >= 11 is 0. The van der Waals surface area contributed by atoms with Gasteiger partial charge < -0.3 is 10.6 Å². The average Bonchev–Trinajstić information content (AvgIpc) is 3.24. The van der Waals surface area contributed by atoms with Gasteiger partial charge in [-0.15, -0.1) is 0 Å². The van der Waals surface area contributed by atoms with Gasteiger partial charge in [0.05, 0.1) is 0 Å². The van der Waals surface area contributed by atoms with Crippen LogP contribution in [0.25, 0.3) is 0 Å². The lowest BCUT2D eigenvalue weighted by Crippen LogP contribution is -2.29. The third-order valence-electron chi connectivity index (χ3n) is 4.13. The molecule has 0 radical (unpaired) electrons. The molecule has 92 valence electrons. The highest BCUT2D eigenvalue weighted by atomic mass is 15.1. The van der Waals surface area contributed by atoms with Crippen LogP contribution in [-0.4, -0.2) is 13.1 Å². The van der Waals surface area contributed by atoms with Crippen LogP contribution in [0.5, 0.6) is 0 Å². The molecule has 2 nitrogen and oxygen atoms in total. The van der Waals surface area contributed by atoms with Crippen molar-refractivity contribution in [3.63, 3.8) is 0 Å². The van der Waals surface area contributed by atoms with Crippen molar-refractivity contribution in [2.24, 2.45) is 11.7 Å². The van der Waals surface area contributed by atoms with Gasteiger partial charge in [0.25, 0.3) is 0 Å². The Morgan fingerprint density at radius 1 is 1.00 bits per heavy atom. The molecule has 17 heavy (non-hydrogen) atoms. The van der Waals surface area contributed by atoms with Crippen molar-refractivity contribution in [3.05, 3.63) is 29.8 Å². The van der Waals surface area contributed by atoms with Crippen molar-refractivity contribution in [1.82, 2.24) is 0 Å². The van der Waals surface area contributed by atoms with Gasteiger partial charge in [-0.3, -0.25) is 0 Å². The molecule has 1 heterocycles. The van der Waals surface area contributed by atoms with Gasteiger partial charge in [0, 0.05) is 24.8 Å². The molecule has 0 aromatic heterocycles. The van der Waals surface area contributed by atoms with E-state index in [4.69, 9.17) is 5.73 Å². The summed E-state index contributed by atoms with van der Waals surface area (Å²) in [6.45, 7) is 2.43. The Kier molecular flexibility index (Phi) is 3.06. The van der Waals surface area contributed by atoms with E-state index in [9.17, 15) is 0 Å². The molecule has 2 fully saturated rings. The van der Waals surface area contributed by atoms with Crippen LogP contribution in [0, 0.1) is 5.92 Å². The number of benzene rings is 1. The molecule has 0 bridgehead atoms. The minimum atomic E-state index is 0.269. The van der Waals surface area contributed by atoms with Crippen molar-refractivity contribution in [1.29, 1.82) is 0 Å². The monoisotopic (exact) mass is 230 g/mol. The molecule has 2 heteroatoms. The molecule has 0 spiro atoms. The van der Waals surface area contributed by atoms with Crippen LogP contribution in [0.1, 0.15) is 43.7 Å². The van der Waals surface area contributed by atoms with Gasteiger partial charge in [-0.1, -0.05) is 12.1 Å². The lowest BCUT2D eigenvalue weighted by atomic mass is 10.0. The lowest BCUT2D eigenvalue weighted by Gasteiger charge is -2.29. The maximum atomic E-state index is 6.22. The van der Waals surface area contributed by atoms with E-state index in [-0.39, 0.29) is 6.04 Å². The van der Waals surface area contributed by atoms with E-state index in [2.05, 4.69) is 29.2 Å². The highest BCUT2D eigenvalue weighted by Gasteiger charge is 2.29. The largest absolute Gasteiger partial charge is 0.372 e. The number of nitrogens with zero attached hydrogens (tertiary/aromatic N) is 1. The Balaban J connectivity index is 1.70. The molecule has 1 aromatic rings. The Bertz CT molecular complexity index is 361. The molecule has 1 saturated carbocycles. The zero-order valence-corrected chi connectivity index (χ0v) is 10.4. The minimum Gasteiger partial charge on any atom is -0.372 e. The first kappa shape index (κ1) is 11.1. The second kappa shape index (κ2) is 4.69. The highest BCUT2D eigenvalue weighted by Crippen LogP contribution is 2.39. The summed E-state index contributed by atoms with van der Waals surface area (Å²) in [5.41, 5.74) is 8.90. The maximum Gasteiger partial charge on any atom is 0.0366 e. The van der Waals surface area contributed by atoms with Gasteiger partial charge >= 0.3 is 0 Å². The predicted molar refractivity (Wildman–Crippen MR) is 72.2 cm³/mol. The summed E-state index contributed by atoms with van der Waals surface area (Å²) in [5.74, 6) is 0.746. The van der Waals surface area contributed by atoms with E-state index in [1.54, 1.807) is 0 Å². The summed E-state index contributed by atoms with van der Waals surface area (Å²) < 4.78 is 0. The first-order valence-electron chi connectivity index (χ1n) is 6.95. The van der Waals surface area contributed by atoms with Gasteiger partial charge in [-0.2, -0.15) is 0 Å². The second-order valence-electron chi connectivity index (χ2n) is 5.50. The summed E-state index contributed by atoms with van der Waals surface area (Å²) in [7, 11) is 0. The third kappa shape index (κ3) is 2.47. The molecule has 3 rings (SSSR count). The smallest absolute Gasteiger partial charge is 0.0366 e. The van der Waals surface area contributed by atoms with Crippen LogP contribution < -0.4 is 10.6 Å². The molecule has 1 saturated heterocycles. The molecule has 2 aliphatic rings. The van der Waals surface area contributed by atoms with E-state index >= 15 is 0 Å². The van der Waals surface area contributed by atoms with E-state index in [0.717, 1.165) is 5.92 Å². The fraction of sp³-hybridized carbons (Fsp3) is 0.600. The molecule has 1 aliphatic carbocycles. The molecular weight excluding hydrogens is 208 g/mol. The molecule has 2 N–H and O–H groups in total. The zero-order valence-electron chi connectivity index (χ0n) is 10.4. The molecule has 1 aliphatic heterocycles. The zero-order chi connectivity index (χ0) is 11.7. The van der Waals surface area contributed by atoms with Gasteiger partial charge in [-0.05, 0) is 55.7 Å². The number of rotatable bonds is 3. The van der Waals surface area contributed by atoms with Crippen molar-refractivity contribution in [3.8, 4) is 0 Å². The summed E-state index contributed by atoms with van der Waals surface area (Å²) in [6, 6.07) is 9.23. The van der Waals surface area contributed by atoms with Crippen LogP contribution in [0.4, 0.5) is 5.69 Å². The fourth-order valence-corrected chi connectivity index (χ4v) is 2.79. The fourth-order valence-electron chi connectivity index (χ4n) is 2.79. The maximum absolute atomic E-state index is 6.22. The van der Waals surface area contributed by atoms with Crippen molar-refractivity contribution in [2.45, 2.75) is 38.1 Å². The Morgan fingerprint density at radius 3 is 2.24 bits per heavy atom. The minimum absolute atomic E-state index is 0.269. The Labute approximate surface area is 104 Å². The second-order valence-corrected chi connectivity index (χ2v) is 5.50. The molecule has 1 aromatic carbocycles. The third-order valence-corrected chi connectivity index (χ3v) is 4.13. The standard InChI is InChI=1S/C15H22N2/c16-15(12-4-5-12)13-6-8-14(9-7-13)17-10-2-1-3-11-17/h6-9,12,15H,1-5,10-11,16H2. The van der Waals surface area contributed by atoms with Crippen LogP contribution in [0.15, 0.2) is 24.3 Å². The molecule has 1 unspecified atom stereocenters. The lowest BCUT2D eigenvalue weighted by molar-refractivity contribution is 0.577. The number of hydrogen-bond acceptors (Lipinski definition) is 2. The Hall–Kier alpha value is -1.02. The normalized spacial score (nSPS) is 22.5. The van der Waals surface area contributed by atoms with Crippen LogP contribution >= 0.6 is 0 Å². The van der Waals surface area contributed by atoms with E-state index in [1.165, 1.54) is 56.4 Å². The highest BCUT2D eigenvalue weighted by molar-refractivity contribution is 5.48. The predicted octanol–water partition coefficient (Wildman–Crippen LogP) is 3.09. The van der Waals surface area contributed by atoms with Gasteiger partial charge in [0.2, 0.25) is 0 Å². The average molecular weight is 230 g/mol. The van der Waals surface area contributed by atoms with Crippen LogP contribution in [-0.2, 0) is 0 Å². The van der Waals surface area contributed by atoms with Crippen molar-refractivity contribution >= 4 is 5.69 Å². The number of hydrogen-bond donors (Lipinski definition) is 1. The molecular formula is C15H22N2. The van der Waals surface area contributed by atoms with Gasteiger partial charge in [0.1, 0.15) is 0 Å². The first-order valence-corrected chi connectivity index (χ1v) is 6.95. The Morgan fingerprint density at radius 2 is 1.65 bits per heavy atom. The van der Waals surface area contributed by atoms with Crippen LogP contribution in [0.3, 0.4) is 0 Å². The number of nitrogens with two attached hydrogens (primary N) is 1. The van der Waals surface area contributed by atoms with E-state index < -0.39 is 0 Å². The quantitative estimate of drug-likeness (QED) is 0.864. The van der Waals surface area contributed by atoms with E-state index in [1.807, 2.05) is 0 Å². The topological polar surface area (TPSA) is 29.3 Å². The van der Waals surface area contributed by atoms with Gasteiger partial charge in [0.15, 0.2) is 0 Å². The van der Waals surface area contributed by atoms with Crippen LogP contribution in [0.2, 0.25) is 0 Å². The number of anilines is 1. The first-order chi connectivity index (χ1) is 8.34. The van der Waals surface area contributed by atoms with Gasteiger partial charge in [-0.25, -0.2) is 0 Å². The molecule has 0 amide bonds. The van der Waals surface area contributed by atoms with E-state index in [0.29, 0.717) is 0 Å². The van der Waals surface area contributed by atoms with Crippen molar-refractivity contribution in [2.75, 3.05) is 18.0 Å². The number of piperidine rings is 1. The van der Waals surface area contributed by atoms with Crippen molar-refractivity contribution < 1.29 is 0 Å². The summed E-state index contributed by atoms with van der Waals surface area (Å²) in [6.07, 6.45) is 6.69. The SMILES string of the molecule is NC(c1ccc(N2CCCCC2)cc1)C1CC1. The summed E-state index contributed by atoms with van der Waals surface area (Å²) in [5, 5.41) is 0. The molecule has 1 atom stereocenters.